The molecule has 1 amide bonds. The standard InChI is InChI=1S/C18H33N3O2/c1-7-21-10-8-9-16(21)13-19-15(11-14(2)3)12-20-17(22)23-18(4,5)6/h8-10,14-15,19H,7,11-13H2,1-6H3,(H,20,22). The second kappa shape index (κ2) is 8.96. The van der Waals surface area contributed by atoms with Crippen LogP contribution in [0.5, 0.6) is 0 Å². The maximum absolute atomic E-state index is 11.8. The third-order valence-corrected chi connectivity index (χ3v) is 3.48. The van der Waals surface area contributed by atoms with E-state index in [4.69, 9.17) is 4.74 Å². The van der Waals surface area contributed by atoms with Crippen molar-refractivity contribution in [1.82, 2.24) is 15.2 Å². The largest absolute Gasteiger partial charge is 0.444 e. The van der Waals surface area contributed by atoms with E-state index in [0.29, 0.717) is 12.5 Å². The van der Waals surface area contributed by atoms with E-state index in [1.54, 1.807) is 0 Å². The first kappa shape index (κ1) is 19.6. The Balaban J connectivity index is 2.50. The summed E-state index contributed by atoms with van der Waals surface area (Å²) in [7, 11) is 0. The molecule has 0 bridgehead atoms. The highest BCUT2D eigenvalue weighted by Gasteiger charge is 2.18. The molecule has 0 aliphatic carbocycles. The van der Waals surface area contributed by atoms with Crippen LogP contribution in [0.15, 0.2) is 18.3 Å². The number of carbonyl (C=O) groups is 1. The summed E-state index contributed by atoms with van der Waals surface area (Å²) in [5, 5.41) is 6.43. The van der Waals surface area contributed by atoms with Gasteiger partial charge in [-0.1, -0.05) is 13.8 Å². The van der Waals surface area contributed by atoms with E-state index in [1.165, 1.54) is 5.69 Å². The second-order valence-corrected chi connectivity index (χ2v) is 7.38. The van der Waals surface area contributed by atoms with Crippen molar-refractivity contribution in [3.63, 3.8) is 0 Å². The number of nitrogens with one attached hydrogen (secondary N) is 2. The van der Waals surface area contributed by atoms with E-state index in [2.05, 4.69) is 54.3 Å². The molecule has 1 rings (SSSR count). The molecule has 1 aromatic heterocycles. The van der Waals surface area contributed by atoms with E-state index in [9.17, 15) is 4.79 Å². The van der Waals surface area contributed by atoms with Crippen LogP contribution >= 0.6 is 0 Å². The Bertz CT molecular complexity index is 475. The minimum atomic E-state index is -0.465. The summed E-state index contributed by atoms with van der Waals surface area (Å²) in [6.07, 6.45) is 2.74. The Kier molecular flexibility index (Phi) is 7.62. The molecule has 0 aliphatic rings. The van der Waals surface area contributed by atoms with Crippen molar-refractivity contribution in [3.8, 4) is 0 Å². The summed E-state index contributed by atoms with van der Waals surface area (Å²) >= 11 is 0. The fourth-order valence-electron chi connectivity index (χ4n) is 2.50. The van der Waals surface area contributed by atoms with Crippen LogP contribution in [0, 0.1) is 5.92 Å². The van der Waals surface area contributed by atoms with Crippen LogP contribution in [0.1, 0.15) is 53.7 Å². The molecule has 2 N–H and O–H groups in total. The molecule has 1 aromatic rings. The van der Waals surface area contributed by atoms with E-state index in [1.807, 2.05) is 20.8 Å². The lowest BCUT2D eigenvalue weighted by Crippen LogP contribution is -2.43. The molecular weight excluding hydrogens is 290 g/mol. The second-order valence-electron chi connectivity index (χ2n) is 7.38. The number of ether oxygens (including phenoxy) is 1. The van der Waals surface area contributed by atoms with E-state index in [0.717, 1.165) is 19.5 Å². The molecule has 0 fully saturated rings. The fraction of sp³-hybridized carbons (Fsp3) is 0.722. The van der Waals surface area contributed by atoms with Crippen molar-refractivity contribution in [2.24, 2.45) is 5.92 Å². The van der Waals surface area contributed by atoms with Crippen LogP contribution in [0.3, 0.4) is 0 Å². The van der Waals surface area contributed by atoms with Crippen LogP contribution in [0.2, 0.25) is 0 Å². The minimum Gasteiger partial charge on any atom is -0.444 e. The van der Waals surface area contributed by atoms with Gasteiger partial charge in [0.1, 0.15) is 5.60 Å². The highest BCUT2D eigenvalue weighted by atomic mass is 16.6. The average Bonchev–Trinajstić information content (AvgIpc) is 2.86. The molecule has 0 saturated carbocycles. The first-order valence-corrected chi connectivity index (χ1v) is 8.55. The highest BCUT2D eigenvalue weighted by Crippen LogP contribution is 2.09. The maximum atomic E-state index is 11.8. The topological polar surface area (TPSA) is 55.3 Å². The molecule has 1 heterocycles. The van der Waals surface area contributed by atoms with Gasteiger partial charge in [-0.15, -0.1) is 0 Å². The van der Waals surface area contributed by atoms with Crippen LogP contribution in [-0.2, 0) is 17.8 Å². The molecule has 0 saturated heterocycles. The van der Waals surface area contributed by atoms with Crippen LogP contribution in [-0.4, -0.2) is 28.8 Å². The molecule has 0 aromatic carbocycles. The van der Waals surface area contributed by atoms with Crippen LogP contribution in [0.4, 0.5) is 4.79 Å². The van der Waals surface area contributed by atoms with E-state index >= 15 is 0 Å². The summed E-state index contributed by atoms with van der Waals surface area (Å²) in [5.41, 5.74) is 0.797. The fourth-order valence-corrected chi connectivity index (χ4v) is 2.50. The molecule has 23 heavy (non-hydrogen) atoms. The van der Waals surface area contributed by atoms with Gasteiger partial charge in [-0.3, -0.25) is 0 Å². The van der Waals surface area contributed by atoms with Gasteiger partial charge in [0.15, 0.2) is 0 Å². The van der Waals surface area contributed by atoms with E-state index < -0.39 is 5.60 Å². The van der Waals surface area contributed by atoms with Gasteiger partial charge >= 0.3 is 6.09 Å². The molecule has 1 atom stereocenters. The van der Waals surface area contributed by atoms with Crippen molar-refractivity contribution in [1.29, 1.82) is 0 Å². The molecule has 132 valence electrons. The lowest BCUT2D eigenvalue weighted by molar-refractivity contribution is 0.0520. The van der Waals surface area contributed by atoms with Gasteiger partial charge in [-0.25, -0.2) is 4.79 Å². The zero-order valence-electron chi connectivity index (χ0n) is 15.5. The molecule has 0 aliphatic heterocycles. The number of hydrogen-bond donors (Lipinski definition) is 2. The van der Waals surface area contributed by atoms with Crippen molar-refractivity contribution in [3.05, 3.63) is 24.0 Å². The number of hydrogen-bond acceptors (Lipinski definition) is 3. The Labute approximate surface area is 140 Å². The lowest BCUT2D eigenvalue weighted by atomic mass is 10.0. The summed E-state index contributed by atoms with van der Waals surface area (Å²) in [4.78, 5) is 11.8. The van der Waals surface area contributed by atoms with Crippen molar-refractivity contribution in [2.45, 2.75) is 72.7 Å². The van der Waals surface area contributed by atoms with Gasteiger partial charge in [0.25, 0.3) is 0 Å². The highest BCUT2D eigenvalue weighted by molar-refractivity contribution is 5.67. The van der Waals surface area contributed by atoms with Gasteiger partial charge < -0.3 is 19.9 Å². The van der Waals surface area contributed by atoms with E-state index in [-0.39, 0.29) is 12.1 Å². The summed E-state index contributed by atoms with van der Waals surface area (Å²) in [6, 6.07) is 4.42. The smallest absolute Gasteiger partial charge is 0.407 e. The summed E-state index contributed by atoms with van der Waals surface area (Å²) < 4.78 is 7.52. The quantitative estimate of drug-likeness (QED) is 0.769. The Hall–Kier alpha value is -1.49. The monoisotopic (exact) mass is 323 g/mol. The number of amides is 1. The Morgan fingerprint density at radius 2 is 2.04 bits per heavy atom. The average molecular weight is 323 g/mol. The summed E-state index contributed by atoms with van der Waals surface area (Å²) in [6.45, 7) is 14.5. The van der Waals surface area contributed by atoms with Crippen LogP contribution in [0.25, 0.3) is 0 Å². The number of rotatable bonds is 8. The minimum absolute atomic E-state index is 0.225. The lowest BCUT2D eigenvalue weighted by Gasteiger charge is -2.24. The molecular formula is C18H33N3O2. The zero-order valence-corrected chi connectivity index (χ0v) is 15.5. The van der Waals surface area contributed by atoms with Crippen molar-refractivity contribution < 1.29 is 9.53 Å². The number of aryl methyl sites for hydroxylation is 1. The van der Waals surface area contributed by atoms with Gasteiger partial charge in [-0.2, -0.15) is 0 Å². The first-order chi connectivity index (χ1) is 10.7. The number of nitrogens with zero attached hydrogens (tertiary/aromatic N) is 1. The Morgan fingerprint density at radius 3 is 2.61 bits per heavy atom. The third kappa shape index (κ3) is 8.07. The van der Waals surface area contributed by atoms with Gasteiger partial charge in [0.2, 0.25) is 0 Å². The number of aromatic nitrogens is 1. The number of alkyl carbamates (subject to hydrolysis) is 1. The third-order valence-electron chi connectivity index (χ3n) is 3.48. The zero-order chi connectivity index (χ0) is 17.5. The maximum Gasteiger partial charge on any atom is 0.407 e. The molecule has 1 unspecified atom stereocenters. The van der Waals surface area contributed by atoms with Crippen molar-refractivity contribution >= 4 is 6.09 Å². The SMILES string of the molecule is CCn1cccc1CNC(CNC(=O)OC(C)(C)C)CC(C)C. The molecule has 0 spiro atoms. The molecule has 5 heteroatoms. The molecule has 5 nitrogen and oxygen atoms in total. The van der Waals surface area contributed by atoms with Gasteiger partial charge in [-0.05, 0) is 52.2 Å². The first-order valence-electron chi connectivity index (χ1n) is 8.55. The summed E-state index contributed by atoms with van der Waals surface area (Å²) in [5.74, 6) is 0.561. The van der Waals surface area contributed by atoms with Gasteiger partial charge in [0.05, 0.1) is 0 Å². The normalized spacial score (nSPS) is 13.2. The predicted molar refractivity (Wildman–Crippen MR) is 94.4 cm³/mol. The predicted octanol–water partition coefficient (Wildman–Crippen LogP) is 3.54. The Morgan fingerprint density at radius 1 is 1.35 bits per heavy atom. The van der Waals surface area contributed by atoms with Crippen LogP contribution < -0.4 is 10.6 Å². The van der Waals surface area contributed by atoms with Crippen molar-refractivity contribution in [2.75, 3.05) is 6.54 Å². The molecule has 0 radical (unpaired) electrons. The number of carbonyl (C=O) groups excluding carboxylic acids is 1. The van der Waals surface area contributed by atoms with Gasteiger partial charge in [0, 0.05) is 37.6 Å².